The lowest BCUT2D eigenvalue weighted by molar-refractivity contribution is 0.857. The Morgan fingerprint density at radius 2 is 1.21 bits per heavy atom. The Morgan fingerprint density at radius 3 is 1.64 bits per heavy atom. The zero-order valence-corrected chi connectivity index (χ0v) is 10.2. The Kier molecular flexibility index (Phi) is 3.09. The van der Waals surface area contributed by atoms with E-state index in [9.17, 15) is 0 Å². The van der Waals surface area contributed by atoms with Gasteiger partial charge in [0.05, 0.1) is 0 Å². The van der Waals surface area contributed by atoms with Gasteiger partial charge in [0, 0.05) is 0 Å². The van der Waals surface area contributed by atoms with Crippen LogP contribution >= 0.6 is 0 Å². The first-order valence-corrected chi connectivity index (χ1v) is 5.23. The van der Waals surface area contributed by atoms with E-state index in [0.29, 0.717) is 5.92 Å². The topological polar surface area (TPSA) is 0 Å². The minimum Gasteiger partial charge on any atom is -0.0899 e. The predicted molar refractivity (Wildman–Crippen MR) is 64.9 cm³/mol. The van der Waals surface area contributed by atoms with Gasteiger partial charge in [0.25, 0.3) is 0 Å². The second kappa shape index (κ2) is 3.80. The molecule has 1 rings (SSSR count). The van der Waals surface area contributed by atoms with Crippen LogP contribution in [0.5, 0.6) is 0 Å². The van der Waals surface area contributed by atoms with Gasteiger partial charge in [-0.25, -0.2) is 0 Å². The molecule has 0 saturated carbocycles. The molecular weight excluding hydrogens is 167 g/mol. The van der Waals surface area contributed by atoms with Crippen molar-refractivity contribution in [3.05, 3.63) is 27.8 Å². The van der Waals surface area contributed by atoms with Crippen molar-refractivity contribution in [2.24, 2.45) is 0 Å². The number of rotatable bonds is 1. The van der Waals surface area contributed by atoms with Gasteiger partial charge in [-0.15, -0.1) is 0 Å². The molecule has 2 radical (unpaired) electrons. The lowest BCUT2D eigenvalue weighted by Gasteiger charge is -2.21. The van der Waals surface area contributed by atoms with Crippen molar-refractivity contribution in [1.29, 1.82) is 0 Å². The van der Waals surface area contributed by atoms with E-state index < -0.39 is 0 Å². The van der Waals surface area contributed by atoms with E-state index in [1.807, 2.05) is 0 Å². The summed E-state index contributed by atoms with van der Waals surface area (Å²) in [4.78, 5) is 0. The van der Waals surface area contributed by atoms with E-state index in [2.05, 4.69) is 41.5 Å². The summed E-state index contributed by atoms with van der Waals surface area (Å²) in [5, 5.41) is 0. The van der Waals surface area contributed by atoms with E-state index in [0.717, 1.165) is 5.46 Å². The highest BCUT2D eigenvalue weighted by molar-refractivity contribution is 6.34. The fourth-order valence-corrected chi connectivity index (χ4v) is 2.11. The van der Waals surface area contributed by atoms with E-state index in [4.69, 9.17) is 7.85 Å². The third kappa shape index (κ3) is 1.60. The molecule has 74 valence electrons. The van der Waals surface area contributed by atoms with Gasteiger partial charge < -0.3 is 0 Å². The van der Waals surface area contributed by atoms with Crippen molar-refractivity contribution in [1.82, 2.24) is 0 Å². The van der Waals surface area contributed by atoms with Crippen molar-refractivity contribution in [3.63, 3.8) is 0 Å². The van der Waals surface area contributed by atoms with Crippen LogP contribution in [0, 0.1) is 27.7 Å². The monoisotopic (exact) mass is 186 g/mol. The normalized spacial score (nSPS) is 11.1. The van der Waals surface area contributed by atoms with Crippen LogP contribution in [0.1, 0.15) is 47.6 Å². The summed E-state index contributed by atoms with van der Waals surface area (Å²) < 4.78 is 0. The van der Waals surface area contributed by atoms with Crippen molar-refractivity contribution in [3.8, 4) is 0 Å². The molecule has 0 unspecified atom stereocenters. The second-order valence-corrected chi connectivity index (χ2v) is 4.48. The van der Waals surface area contributed by atoms with E-state index >= 15 is 0 Å². The summed E-state index contributed by atoms with van der Waals surface area (Å²) in [6.45, 7) is 13.0. The lowest BCUT2D eigenvalue weighted by Crippen LogP contribution is -2.20. The predicted octanol–water partition coefficient (Wildman–Crippen LogP) is 2.84. The molecule has 0 heterocycles. The number of hydrogen-bond acceptors (Lipinski definition) is 0. The maximum absolute atomic E-state index is 6.15. The molecule has 0 fully saturated rings. The molecule has 1 heteroatoms. The van der Waals surface area contributed by atoms with Crippen LogP contribution in [0.2, 0.25) is 0 Å². The fourth-order valence-electron chi connectivity index (χ4n) is 2.11. The smallest absolute Gasteiger partial charge is 0.0899 e. The van der Waals surface area contributed by atoms with Gasteiger partial charge in [-0.2, -0.15) is 0 Å². The van der Waals surface area contributed by atoms with Crippen LogP contribution in [0.3, 0.4) is 0 Å². The molecule has 0 amide bonds. The molecule has 0 N–H and O–H groups in total. The Labute approximate surface area is 89.1 Å². The maximum atomic E-state index is 6.15. The van der Waals surface area contributed by atoms with Crippen molar-refractivity contribution < 1.29 is 0 Å². The Hall–Kier alpha value is -0.715. The Morgan fingerprint density at radius 1 is 0.786 bits per heavy atom. The SMILES string of the molecule is [B]c1c(C)c(C)c(C)c(C)c1C(C)C. The standard InChI is InChI=1S/C13H19B/c1-7(2)12-10(5)8(3)9(4)11(6)13(12)14/h7H,1-6H3. The van der Waals surface area contributed by atoms with Crippen molar-refractivity contribution in [2.75, 3.05) is 0 Å². The summed E-state index contributed by atoms with van der Waals surface area (Å²) in [5.74, 6) is 0.507. The first kappa shape index (κ1) is 11.4. The molecule has 0 aliphatic rings. The molecule has 0 spiro atoms. The number of hydrogen-bond donors (Lipinski definition) is 0. The Balaban J connectivity index is 3.60. The molecule has 0 nitrogen and oxygen atoms in total. The third-order valence-electron chi connectivity index (χ3n) is 3.36. The van der Waals surface area contributed by atoms with Gasteiger partial charge in [-0.3, -0.25) is 0 Å². The fraction of sp³-hybridized carbons (Fsp3) is 0.538. The molecule has 0 aliphatic carbocycles. The van der Waals surface area contributed by atoms with Crippen LogP contribution in [-0.2, 0) is 0 Å². The average Bonchev–Trinajstić information content (AvgIpc) is 2.11. The largest absolute Gasteiger partial charge is 0.114 e. The van der Waals surface area contributed by atoms with Crippen molar-refractivity contribution >= 4 is 13.3 Å². The lowest BCUT2D eigenvalue weighted by atomic mass is 9.76. The van der Waals surface area contributed by atoms with E-state index in [1.54, 1.807) is 0 Å². The van der Waals surface area contributed by atoms with Crippen LogP contribution < -0.4 is 5.46 Å². The van der Waals surface area contributed by atoms with Crippen LogP contribution in [0.15, 0.2) is 0 Å². The van der Waals surface area contributed by atoms with Crippen LogP contribution in [0.25, 0.3) is 0 Å². The van der Waals surface area contributed by atoms with E-state index in [1.165, 1.54) is 27.8 Å². The summed E-state index contributed by atoms with van der Waals surface area (Å²) >= 11 is 0. The van der Waals surface area contributed by atoms with Gasteiger partial charge >= 0.3 is 0 Å². The molecule has 14 heavy (non-hydrogen) atoms. The molecule has 0 bridgehead atoms. The van der Waals surface area contributed by atoms with Gasteiger partial charge in [0.1, 0.15) is 7.85 Å². The Bertz CT molecular complexity index is 333. The highest BCUT2D eigenvalue weighted by atomic mass is 14.2. The molecule has 0 saturated heterocycles. The molecular formula is C13H19B. The highest BCUT2D eigenvalue weighted by Gasteiger charge is 2.13. The van der Waals surface area contributed by atoms with Gasteiger partial charge in [-0.05, 0) is 55.9 Å². The summed E-state index contributed by atoms with van der Waals surface area (Å²) in [6.07, 6.45) is 0. The minimum absolute atomic E-state index is 0.507. The molecule has 0 aliphatic heterocycles. The van der Waals surface area contributed by atoms with Crippen LogP contribution in [-0.4, -0.2) is 7.85 Å². The van der Waals surface area contributed by atoms with Gasteiger partial charge in [0.15, 0.2) is 0 Å². The van der Waals surface area contributed by atoms with Gasteiger partial charge in [0.2, 0.25) is 0 Å². The zero-order valence-electron chi connectivity index (χ0n) is 10.2. The minimum atomic E-state index is 0.507. The quantitative estimate of drug-likeness (QED) is 0.591. The number of benzene rings is 1. The van der Waals surface area contributed by atoms with Gasteiger partial charge in [-0.1, -0.05) is 24.9 Å². The first-order chi connectivity index (χ1) is 6.37. The summed E-state index contributed by atoms with van der Waals surface area (Å²) in [6, 6.07) is 0. The third-order valence-corrected chi connectivity index (χ3v) is 3.36. The molecule has 1 aromatic rings. The molecule has 1 aromatic carbocycles. The average molecular weight is 186 g/mol. The summed E-state index contributed by atoms with van der Waals surface area (Å²) in [7, 11) is 6.15. The molecule has 0 aromatic heterocycles. The molecule has 0 atom stereocenters. The highest BCUT2D eigenvalue weighted by Crippen LogP contribution is 2.24. The first-order valence-electron chi connectivity index (χ1n) is 5.23. The van der Waals surface area contributed by atoms with Crippen LogP contribution in [0.4, 0.5) is 0 Å². The van der Waals surface area contributed by atoms with E-state index in [-0.39, 0.29) is 0 Å². The van der Waals surface area contributed by atoms with Crippen molar-refractivity contribution in [2.45, 2.75) is 47.5 Å². The maximum Gasteiger partial charge on any atom is 0.114 e. The second-order valence-electron chi connectivity index (χ2n) is 4.48. The zero-order chi connectivity index (χ0) is 11.0. The summed E-state index contributed by atoms with van der Waals surface area (Å²) in [5.41, 5.74) is 7.65.